The van der Waals surface area contributed by atoms with E-state index in [0.717, 1.165) is 0 Å². The van der Waals surface area contributed by atoms with Crippen LogP contribution >= 0.6 is 0 Å². The molecule has 9 heteroatoms. The summed E-state index contributed by atoms with van der Waals surface area (Å²) in [4.78, 5) is 11.2. The van der Waals surface area contributed by atoms with Crippen LogP contribution in [0.2, 0.25) is 0 Å². The zero-order valence-electron chi connectivity index (χ0n) is 19.2. The van der Waals surface area contributed by atoms with Crippen LogP contribution in [0.15, 0.2) is 48.0 Å². The van der Waals surface area contributed by atoms with Crippen molar-refractivity contribution in [3.63, 3.8) is 0 Å². The number of aryl methyl sites for hydroxylation is 1. The van der Waals surface area contributed by atoms with Gasteiger partial charge in [0, 0.05) is 5.57 Å². The Morgan fingerprint density at radius 2 is 1.94 bits per heavy atom. The fraction of sp³-hybridized carbons (Fsp3) is 0.240. The van der Waals surface area contributed by atoms with Crippen LogP contribution in [0.4, 0.5) is 0 Å². The van der Waals surface area contributed by atoms with Gasteiger partial charge in [-0.25, -0.2) is 9.48 Å². The number of aromatic carboxylic acids is 1. The summed E-state index contributed by atoms with van der Waals surface area (Å²) in [5.74, 6) is 0.449. The third kappa shape index (κ3) is 3.95. The molecule has 0 fully saturated rings. The number of aromatic nitrogens is 2. The summed E-state index contributed by atoms with van der Waals surface area (Å²) < 4.78 is 18.8. The number of benzene rings is 2. The Labute approximate surface area is 196 Å². The number of carboxylic acid groups (broad SMARTS) is 1. The van der Waals surface area contributed by atoms with Crippen molar-refractivity contribution in [3.05, 3.63) is 70.4 Å². The van der Waals surface area contributed by atoms with Crippen LogP contribution in [0, 0.1) is 18.3 Å². The van der Waals surface area contributed by atoms with Crippen molar-refractivity contribution >= 4 is 11.5 Å². The van der Waals surface area contributed by atoms with Crippen molar-refractivity contribution in [1.29, 1.82) is 5.26 Å². The standard InChI is InChI=1S/C25H24N4O5/c1-13(2)33-19-10-7-16(11-20(19)32-4)22-18(12-26)23(27)34-24-21(22)14(3)28-29(24)17-8-5-15(6-9-17)25(30)31/h5-11,13,23H,27H2,1-4H3,(H,30,31). The Kier molecular flexibility index (Phi) is 6.01. The number of hydrogen-bond acceptors (Lipinski definition) is 7. The van der Waals surface area contributed by atoms with Gasteiger partial charge < -0.3 is 19.3 Å². The minimum absolute atomic E-state index is 0.0373. The van der Waals surface area contributed by atoms with E-state index in [-0.39, 0.29) is 17.2 Å². The van der Waals surface area contributed by atoms with Gasteiger partial charge in [-0.3, -0.25) is 5.73 Å². The lowest BCUT2D eigenvalue weighted by molar-refractivity contribution is 0.0697. The monoisotopic (exact) mass is 460 g/mol. The molecule has 1 atom stereocenters. The predicted octanol–water partition coefficient (Wildman–Crippen LogP) is 3.68. The molecule has 174 valence electrons. The second kappa shape index (κ2) is 8.92. The number of fused-ring (bicyclic) bond motifs is 1. The molecule has 3 N–H and O–H groups in total. The molecule has 2 aromatic carbocycles. The number of carboxylic acids is 1. The normalized spacial score (nSPS) is 14.9. The van der Waals surface area contributed by atoms with Crippen LogP contribution in [-0.4, -0.2) is 40.3 Å². The quantitative estimate of drug-likeness (QED) is 0.569. The molecule has 1 aliphatic rings. The number of nitriles is 1. The smallest absolute Gasteiger partial charge is 0.335 e. The predicted molar refractivity (Wildman–Crippen MR) is 124 cm³/mol. The molecule has 1 unspecified atom stereocenters. The zero-order valence-corrected chi connectivity index (χ0v) is 19.2. The summed E-state index contributed by atoms with van der Waals surface area (Å²) in [6.45, 7) is 5.66. The molecule has 2 heterocycles. The first-order chi connectivity index (χ1) is 16.2. The highest BCUT2D eigenvalue weighted by atomic mass is 16.5. The van der Waals surface area contributed by atoms with Crippen molar-refractivity contribution in [2.75, 3.05) is 7.11 Å². The number of hydrogen-bond donors (Lipinski definition) is 2. The number of ether oxygens (including phenoxy) is 3. The lowest BCUT2D eigenvalue weighted by atomic mass is 9.91. The van der Waals surface area contributed by atoms with E-state index in [1.54, 1.807) is 36.1 Å². The summed E-state index contributed by atoms with van der Waals surface area (Å²) in [6.07, 6.45) is -1.05. The number of carbonyl (C=O) groups is 1. The Morgan fingerprint density at radius 3 is 2.53 bits per heavy atom. The van der Waals surface area contributed by atoms with Crippen LogP contribution in [0.3, 0.4) is 0 Å². The highest BCUT2D eigenvalue weighted by Crippen LogP contribution is 2.43. The fourth-order valence-electron chi connectivity index (χ4n) is 3.87. The lowest BCUT2D eigenvalue weighted by Gasteiger charge is -2.25. The van der Waals surface area contributed by atoms with Crippen molar-refractivity contribution in [2.24, 2.45) is 5.73 Å². The fourth-order valence-corrected chi connectivity index (χ4v) is 3.87. The van der Waals surface area contributed by atoms with Gasteiger partial charge in [0.25, 0.3) is 0 Å². The van der Waals surface area contributed by atoms with E-state index in [4.69, 9.17) is 19.9 Å². The number of methoxy groups -OCH3 is 1. The van der Waals surface area contributed by atoms with Gasteiger partial charge in [-0.2, -0.15) is 10.4 Å². The summed E-state index contributed by atoms with van der Waals surface area (Å²) in [6, 6.07) is 13.8. The molecule has 0 bridgehead atoms. The van der Waals surface area contributed by atoms with Crippen molar-refractivity contribution in [2.45, 2.75) is 33.1 Å². The topological polar surface area (TPSA) is 133 Å². The minimum Gasteiger partial charge on any atom is -0.493 e. The molecule has 1 aromatic heterocycles. The molecule has 4 rings (SSSR count). The van der Waals surface area contributed by atoms with Gasteiger partial charge in [0.05, 0.1) is 41.3 Å². The number of rotatable bonds is 6. The Bertz CT molecular complexity index is 1330. The van der Waals surface area contributed by atoms with Crippen LogP contribution in [0.1, 0.15) is 41.0 Å². The van der Waals surface area contributed by atoms with E-state index < -0.39 is 12.2 Å². The molecule has 3 aromatic rings. The molecule has 34 heavy (non-hydrogen) atoms. The van der Waals surface area contributed by atoms with Gasteiger partial charge in [0.1, 0.15) is 6.07 Å². The molecule has 0 saturated carbocycles. The van der Waals surface area contributed by atoms with Crippen molar-refractivity contribution < 1.29 is 24.1 Å². The maximum Gasteiger partial charge on any atom is 0.335 e. The second-order valence-corrected chi connectivity index (χ2v) is 8.00. The van der Waals surface area contributed by atoms with Gasteiger partial charge in [0.2, 0.25) is 5.88 Å². The highest BCUT2D eigenvalue weighted by molar-refractivity contribution is 5.90. The van der Waals surface area contributed by atoms with Crippen LogP contribution in [-0.2, 0) is 0 Å². The Hall–Kier alpha value is -4.29. The first-order valence-electron chi connectivity index (χ1n) is 10.6. The Balaban J connectivity index is 1.89. The van der Waals surface area contributed by atoms with Crippen LogP contribution in [0.25, 0.3) is 11.3 Å². The third-order valence-corrected chi connectivity index (χ3v) is 5.35. The molecular weight excluding hydrogens is 436 g/mol. The lowest BCUT2D eigenvalue weighted by Crippen LogP contribution is -2.33. The summed E-state index contributed by atoms with van der Waals surface area (Å²) in [7, 11) is 1.55. The van der Waals surface area contributed by atoms with Crippen LogP contribution < -0.4 is 19.9 Å². The zero-order chi connectivity index (χ0) is 24.6. The van der Waals surface area contributed by atoms with E-state index in [0.29, 0.717) is 45.5 Å². The molecule has 0 saturated heterocycles. The Morgan fingerprint density at radius 1 is 1.24 bits per heavy atom. The average Bonchev–Trinajstić information content (AvgIpc) is 3.13. The van der Waals surface area contributed by atoms with E-state index in [1.807, 2.05) is 26.8 Å². The maximum atomic E-state index is 11.2. The largest absolute Gasteiger partial charge is 0.493 e. The molecule has 0 radical (unpaired) electrons. The SMILES string of the molecule is COc1cc(C2=C(C#N)C(N)Oc3c2c(C)nn3-c2ccc(C(=O)O)cc2)ccc1OC(C)C. The molecule has 1 aliphatic heterocycles. The summed E-state index contributed by atoms with van der Waals surface area (Å²) >= 11 is 0. The van der Waals surface area contributed by atoms with Gasteiger partial charge in [-0.15, -0.1) is 0 Å². The number of nitrogens with two attached hydrogens (primary N) is 1. The van der Waals surface area contributed by atoms with Crippen molar-refractivity contribution in [1.82, 2.24) is 9.78 Å². The van der Waals surface area contributed by atoms with Gasteiger partial charge in [0.15, 0.2) is 17.7 Å². The van der Waals surface area contributed by atoms with Crippen molar-refractivity contribution in [3.8, 4) is 29.1 Å². The van der Waals surface area contributed by atoms with Gasteiger partial charge >= 0.3 is 5.97 Å². The highest BCUT2D eigenvalue weighted by Gasteiger charge is 2.33. The first-order valence-corrected chi connectivity index (χ1v) is 10.6. The van der Waals surface area contributed by atoms with E-state index in [1.165, 1.54) is 12.1 Å². The van der Waals surface area contributed by atoms with E-state index >= 15 is 0 Å². The molecule has 0 amide bonds. The maximum absolute atomic E-state index is 11.2. The first kappa shape index (κ1) is 22.9. The summed E-state index contributed by atoms with van der Waals surface area (Å²) in [5, 5.41) is 23.7. The van der Waals surface area contributed by atoms with Gasteiger partial charge in [-0.05, 0) is 62.7 Å². The van der Waals surface area contributed by atoms with E-state index in [9.17, 15) is 15.2 Å². The molecule has 0 spiro atoms. The van der Waals surface area contributed by atoms with E-state index in [2.05, 4.69) is 11.2 Å². The average molecular weight is 460 g/mol. The van der Waals surface area contributed by atoms with Crippen LogP contribution in [0.5, 0.6) is 17.4 Å². The number of nitrogens with zero attached hydrogens (tertiary/aromatic N) is 3. The second-order valence-electron chi connectivity index (χ2n) is 8.00. The molecular formula is C25H24N4O5. The minimum atomic E-state index is -1.02. The van der Waals surface area contributed by atoms with Gasteiger partial charge in [-0.1, -0.05) is 6.07 Å². The summed E-state index contributed by atoms with van der Waals surface area (Å²) in [5.41, 5.74) is 9.79. The third-order valence-electron chi connectivity index (χ3n) is 5.35. The molecule has 0 aliphatic carbocycles. The molecule has 9 nitrogen and oxygen atoms in total.